The first-order chi connectivity index (χ1) is 11.3. The van der Waals surface area contributed by atoms with Gasteiger partial charge in [0.25, 0.3) is 0 Å². The van der Waals surface area contributed by atoms with Crippen LogP contribution in [0.2, 0.25) is 0 Å². The smallest absolute Gasteiger partial charge is 0.246 e. The zero-order valence-electron chi connectivity index (χ0n) is 15.0. The Bertz CT molecular complexity index is 664. The molecule has 134 valence electrons. The van der Waals surface area contributed by atoms with Gasteiger partial charge in [-0.2, -0.15) is 0 Å². The van der Waals surface area contributed by atoms with Crippen LogP contribution in [0.4, 0.5) is 5.69 Å². The lowest BCUT2D eigenvalue weighted by Crippen LogP contribution is -2.51. The zero-order chi connectivity index (χ0) is 17.9. The number of carbonyl (C=O) groups excluding carboxylic acids is 1. The Morgan fingerprint density at radius 3 is 2.21 bits per heavy atom. The van der Waals surface area contributed by atoms with Crippen LogP contribution < -0.4 is 4.31 Å². The molecule has 1 aliphatic rings. The number of benzene rings is 1. The Morgan fingerprint density at radius 2 is 1.75 bits per heavy atom. The number of rotatable bonds is 6. The van der Waals surface area contributed by atoms with E-state index < -0.39 is 16.1 Å². The summed E-state index contributed by atoms with van der Waals surface area (Å²) < 4.78 is 26.1. The van der Waals surface area contributed by atoms with Crippen LogP contribution in [0.1, 0.15) is 44.6 Å². The molecule has 0 spiro atoms. The summed E-state index contributed by atoms with van der Waals surface area (Å²) in [6.07, 6.45) is 5.87. The van der Waals surface area contributed by atoms with E-state index in [1.165, 1.54) is 10.6 Å². The molecule has 0 aromatic heterocycles. The number of anilines is 1. The predicted octanol–water partition coefficient (Wildman–Crippen LogP) is 2.94. The van der Waals surface area contributed by atoms with Crippen LogP contribution in [0.15, 0.2) is 24.3 Å². The Kier molecular flexibility index (Phi) is 5.91. The van der Waals surface area contributed by atoms with Gasteiger partial charge in [-0.1, -0.05) is 37.5 Å². The summed E-state index contributed by atoms with van der Waals surface area (Å²) in [4.78, 5) is 14.8. The lowest BCUT2D eigenvalue weighted by molar-refractivity contribution is -0.133. The molecule has 0 N–H and O–H groups in total. The fourth-order valence-corrected chi connectivity index (χ4v) is 4.65. The second-order valence-electron chi connectivity index (χ2n) is 6.71. The van der Waals surface area contributed by atoms with E-state index in [2.05, 4.69) is 0 Å². The summed E-state index contributed by atoms with van der Waals surface area (Å²) >= 11 is 0. The highest BCUT2D eigenvalue weighted by Crippen LogP contribution is 2.27. The van der Waals surface area contributed by atoms with Gasteiger partial charge in [-0.15, -0.1) is 0 Å². The van der Waals surface area contributed by atoms with Crippen molar-refractivity contribution in [3.63, 3.8) is 0 Å². The van der Waals surface area contributed by atoms with E-state index in [-0.39, 0.29) is 11.9 Å². The minimum atomic E-state index is -3.56. The molecule has 0 radical (unpaired) electrons. The van der Waals surface area contributed by atoms with Gasteiger partial charge in [0, 0.05) is 13.1 Å². The van der Waals surface area contributed by atoms with Gasteiger partial charge < -0.3 is 4.90 Å². The number of likely N-dealkylation sites (N-methyl/N-ethyl adjacent to an activating group) is 1. The Labute approximate surface area is 145 Å². The van der Waals surface area contributed by atoms with Crippen molar-refractivity contribution in [2.75, 3.05) is 17.6 Å². The van der Waals surface area contributed by atoms with Gasteiger partial charge in [0.15, 0.2) is 0 Å². The molecule has 1 aromatic rings. The van der Waals surface area contributed by atoms with Crippen molar-refractivity contribution in [1.82, 2.24) is 4.90 Å². The number of sulfonamides is 1. The SMILES string of the molecule is CC[C@@H](C(=O)N(C)C1CCCC1)N(c1ccc(C)cc1)S(C)(=O)=O. The molecule has 1 atom stereocenters. The van der Waals surface area contributed by atoms with Crippen molar-refractivity contribution >= 4 is 21.6 Å². The number of carbonyl (C=O) groups is 1. The lowest BCUT2D eigenvalue weighted by Gasteiger charge is -2.35. The summed E-state index contributed by atoms with van der Waals surface area (Å²) in [6.45, 7) is 3.81. The van der Waals surface area contributed by atoms with Crippen LogP contribution in [-0.2, 0) is 14.8 Å². The maximum atomic E-state index is 13.0. The van der Waals surface area contributed by atoms with Crippen LogP contribution in [-0.4, -0.2) is 44.6 Å². The summed E-state index contributed by atoms with van der Waals surface area (Å²) in [5.74, 6) is -0.115. The Morgan fingerprint density at radius 1 is 1.21 bits per heavy atom. The van der Waals surface area contributed by atoms with Crippen molar-refractivity contribution in [3.8, 4) is 0 Å². The number of hydrogen-bond acceptors (Lipinski definition) is 3. The minimum absolute atomic E-state index is 0.115. The molecular formula is C18H28N2O3S. The first-order valence-corrected chi connectivity index (χ1v) is 10.4. The van der Waals surface area contributed by atoms with Gasteiger partial charge >= 0.3 is 0 Å². The highest BCUT2D eigenvalue weighted by Gasteiger charge is 2.35. The number of amides is 1. The average molecular weight is 353 g/mol. The van der Waals surface area contributed by atoms with Crippen LogP contribution in [0.3, 0.4) is 0 Å². The van der Waals surface area contributed by atoms with E-state index in [0.29, 0.717) is 12.1 Å². The van der Waals surface area contributed by atoms with E-state index in [4.69, 9.17) is 0 Å². The van der Waals surface area contributed by atoms with E-state index in [9.17, 15) is 13.2 Å². The van der Waals surface area contributed by atoms with Crippen molar-refractivity contribution in [3.05, 3.63) is 29.8 Å². The van der Waals surface area contributed by atoms with Crippen molar-refractivity contribution in [2.45, 2.75) is 58.0 Å². The monoisotopic (exact) mass is 352 g/mol. The van der Waals surface area contributed by atoms with Crippen LogP contribution >= 0.6 is 0 Å². The first kappa shape index (κ1) is 18.8. The number of nitrogens with zero attached hydrogens (tertiary/aromatic N) is 2. The molecule has 1 fully saturated rings. The van der Waals surface area contributed by atoms with E-state index in [1.54, 1.807) is 24.1 Å². The highest BCUT2D eigenvalue weighted by molar-refractivity contribution is 7.92. The van der Waals surface area contributed by atoms with Gasteiger partial charge in [0.05, 0.1) is 11.9 Å². The molecule has 0 aliphatic heterocycles. The normalized spacial score (nSPS) is 16.8. The standard InChI is InChI=1S/C18H28N2O3S/c1-5-17(18(21)19(3)15-8-6-7-9-15)20(24(4,22)23)16-12-10-14(2)11-13-16/h10-13,15,17H,5-9H2,1-4H3/t17-/m0/s1. The molecule has 1 amide bonds. The molecule has 0 bridgehead atoms. The molecule has 1 aliphatic carbocycles. The largest absolute Gasteiger partial charge is 0.341 e. The molecule has 0 unspecified atom stereocenters. The third-order valence-electron chi connectivity index (χ3n) is 4.82. The first-order valence-electron chi connectivity index (χ1n) is 8.58. The molecule has 0 saturated heterocycles. The summed E-state index contributed by atoms with van der Waals surface area (Å²) in [6, 6.07) is 6.79. The summed E-state index contributed by atoms with van der Waals surface area (Å²) in [7, 11) is -1.76. The summed E-state index contributed by atoms with van der Waals surface area (Å²) in [5.41, 5.74) is 1.60. The van der Waals surface area contributed by atoms with Gasteiger partial charge in [-0.25, -0.2) is 8.42 Å². The maximum absolute atomic E-state index is 13.0. The van der Waals surface area contributed by atoms with Crippen molar-refractivity contribution in [2.24, 2.45) is 0 Å². The van der Waals surface area contributed by atoms with Crippen LogP contribution in [0.25, 0.3) is 0 Å². The van der Waals surface area contributed by atoms with Crippen molar-refractivity contribution < 1.29 is 13.2 Å². The molecule has 5 nitrogen and oxygen atoms in total. The lowest BCUT2D eigenvalue weighted by atomic mass is 10.1. The zero-order valence-corrected chi connectivity index (χ0v) is 15.8. The fraction of sp³-hybridized carbons (Fsp3) is 0.611. The van der Waals surface area contributed by atoms with Gasteiger partial charge in [0.1, 0.15) is 6.04 Å². The predicted molar refractivity (Wildman–Crippen MR) is 97.6 cm³/mol. The third kappa shape index (κ3) is 4.09. The average Bonchev–Trinajstić information content (AvgIpc) is 3.05. The van der Waals surface area contributed by atoms with Gasteiger partial charge in [-0.05, 0) is 38.3 Å². The molecule has 1 saturated carbocycles. The second kappa shape index (κ2) is 7.55. The van der Waals surface area contributed by atoms with Crippen LogP contribution in [0, 0.1) is 6.92 Å². The second-order valence-corrected chi connectivity index (χ2v) is 8.57. The minimum Gasteiger partial charge on any atom is -0.341 e. The maximum Gasteiger partial charge on any atom is 0.246 e. The van der Waals surface area contributed by atoms with Gasteiger partial charge in [0.2, 0.25) is 15.9 Å². The molecule has 6 heteroatoms. The van der Waals surface area contributed by atoms with E-state index in [1.807, 2.05) is 26.0 Å². The van der Waals surface area contributed by atoms with Crippen LogP contribution in [0.5, 0.6) is 0 Å². The van der Waals surface area contributed by atoms with Crippen molar-refractivity contribution in [1.29, 1.82) is 0 Å². The van der Waals surface area contributed by atoms with E-state index >= 15 is 0 Å². The summed E-state index contributed by atoms with van der Waals surface area (Å²) in [5, 5.41) is 0. The highest BCUT2D eigenvalue weighted by atomic mass is 32.2. The van der Waals surface area contributed by atoms with E-state index in [0.717, 1.165) is 31.2 Å². The molecule has 24 heavy (non-hydrogen) atoms. The number of hydrogen-bond donors (Lipinski definition) is 0. The molecule has 1 aromatic carbocycles. The van der Waals surface area contributed by atoms with Gasteiger partial charge in [-0.3, -0.25) is 9.10 Å². The molecular weight excluding hydrogens is 324 g/mol. The molecule has 0 heterocycles. The topological polar surface area (TPSA) is 57.7 Å². The Hall–Kier alpha value is -1.56. The quantitative estimate of drug-likeness (QED) is 0.791. The number of aryl methyl sites for hydroxylation is 1. The third-order valence-corrected chi connectivity index (χ3v) is 6.00. The Balaban J connectivity index is 2.35. The fourth-order valence-electron chi connectivity index (χ4n) is 3.44. The molecule has 2 rings (SSSR count).